The normalized spacial score (nSPS) is 10.8. The molecule has 0 bridgehead atoms. The summed E-state index contributed by atoms with van der Waals surface area (Å²) >= 11 is 0. The van der Waals surface area contributed by atoms with Crippen molar-refractivity contribution in [1.29, 1.82) is 0 Å². The average molecular weight is 323 g/mol. The summed E-state index contributed by atoms with van der Waals surface area (Å²) < 4.78 is 51.4. The molecule has 1 heterocycles. The van der Waals surface area contributed by atoms with Crippen molar-refractivity contribution in [2.24, 2.45) is 0 Å². The Morgan fingerprint density at radius 1 is 1.09 bits per heavy atom. The molecule has 0 atom stereocenters. The molecule has 120 valence electrons. The summed E-state index contributed by atoms with van der Waals surface area (Å²) in [5, 5.41) is 0. The Balaban J connectivity index is 2.58. The second-order valence-electron chi connectivity index (χ2n) is 4.42. The lowest BCUT2D eigenvalue weighted by atomic mass is 10.1. The number of esters is 1. The first-order valence-corrected chi connectivity index (χ1v) is 6.41. The zero-order valence-corrected chi connectivity index (χ0v) is 12.3. The van der Waals surface area contributed by atoms with Gasteiger partial charge in [0, 0.05) is 0 Å². The molecule has 0 spiro atoms. The first kappa shape index (κ1) is 16.5. The molecule has 0 aliphatic heterocycles. The first-order valence-electron chi connectivity index (χ1n) is 6.41. The molecule has 0 unspecified atom stereocenters. The molecule has 0 N–H and O–H groups in total. The van der Waals surface area contributed by atoms with Gasteiger partial charge < -0.3 is 9.47 Å². The van der Waals surface area contributed by atoms with E-state index < -0.39 is 34.7 Å². The molecule has 0 amide bonds. The van der Waals surface area contributed by atoms with Crippen molar-refractivity contribution in [3.63, 3.8) is 0 Å². The van der Waals surface area contributed by atoms with Gasteiger partial charge in [-0.1, -0.05) is 0 Å². The van der Waals surface area contributed by atoms with E-state index in [-0.39, 0.29) is 11.3 Å². The van der Waals surface area contributed by atoms with Crippen LogP contribution in [0.5, 0.6) is 0 Å². The maximum absolute atomic E-state index is 14.2. The number of pyridine rings is 1. The molecule has 2 aromatic rings. The highest BCUT2D eigenvalue weighted by atomic mass is 19.1. The molecule has 4 nitrogen and oxygen atoms in total. The van der Waals surface area contributed by atoms with Crippen LogP contribution in [-0.2, 0) is 9.47 Å². The van der Waals surface area contributed by atoms with Crippen molar-refractivity contribution < 1.29 is 27.4 Å². The number of ether oxygens (including phenoxy) is 2. The van der Waals surface area contributed by atoms with Crippen LogP contribution in [0.25, 0.3) is 17.3 Å². The Labute approximate surface area is 130 Å². The average Bonchev–Trinajstić information content (AvgIpc) is 2.53. The van der Waals surface area contributed by atoms with Gasteiger partial charge in [0.25, 0.3) is 0 Å². The second-order valence-corrected chi connectivity index (χ2v) is 4.42. The van der Waals surface area contributed by atoms with Gasteiger partial charge in [0.1, 0.15) is 28.8 Å². The van der Waals surface area contributed by atoms with Crippen molar-refractivity contribution in [3.05, 3.63) is 59.2 Å². The first-order chi connectivity index (χ1) is 11.0. The van der Waals surface area contributed by atoms with Gasteiger partial charge >= 0.3 is 5.97 Å². The summed E-state index contributed by atoms with van der Waals surface area (Å²) in [7, 11) is 2.50. The van der Waals surface area contributed by atoms with Gasteiger partial charge in [-0.15, -0.1) is 0 Å². The number of rotatable bonds is 4. The predicted molar refractivity (Wildman–Crippen MR) is 76.9 cm³/mol. The molecule has 7 heteroatoms. The smallest absolute Gasteiger partial charge is 0.356 e. The number of aromatic nitrogens is 1. The predicted octanol–water partition coefficient (Wildman–Crippen LogP) is 3.57. The fraction of sp³-hybridized carbons (Fsp3) is 0.125. The highest BCUT2D eigenvalue weighted by molar-refractivity contribution is 5.88. The third-order valence-electron chi connectivity index (χ3n) is 2.94. The number of carbonyl (C=O) groups excluding carboxylic acids is 1. The van der Waals surface area contributed by atoms with Gasteiger partial charge in [-0.3, -0.25) is 0 Å². The van der Waals surface area contributed by atoms with E-state index in [0.29, 0.717) is 0 Å². The zero-order chi connectivity index (χ0) is 17.0. The Morgan fingerprint density at radius 2 is 1.74 bits per heavy atom. The molecule has 1 aromatic heterocycles. The number of hydrogen-bond donors (Lipinski definition) is 0. The summed E-state index contributed by atoms with van der Waals surface area (Å²) in [6.07, 6.45) is 2.58. The molecule has 0 radical (unpaired) electrons. The molecular formula is C16H12F3NO3. The van der Waals surface area contributed by atoms with E-state index in [0.717, 1.165) is 31.4 Å². The third-order valence-corrected chi connectivity index (χ3v) is 2.94. The minimum atomic E-state index is -1.02. The molecule has 0 saturated heterocycles. The van der Waals surface area contributed by atoms with Crippen LogP contribution < -0.4 is 0 Å². The van der Waals surface area contributed by atoms with Crippen LogP contribution in [0.4, 0.5) is 13.2 Å². The van der Waals surface area contributed by atoms with Gasteiger partial charge in [-0.25, -0.2) is 22.9 Å². The van der Waals surface area contributed by atoms with Crippen molar-refractivity contribution in [3.8, 4) is 11.3 Å². The second kappa shape index (κ2) is 6.95. The number of halogens is 3. The Morgan fingerprint density at radius 3 is 2.30 bits per heavy atom. The fourth-order valence-electron chi connectivity index (χ4n) is 1.90. The van der Waals surface area contributed by atoms with E-state index in [2.05, 4.69) is 14.5 Å². The van der Waals surface area contributed by atoms with Crippen molar-refractivity contribution in [2.45, 2.75) is 0 Å². The maximum Gasteiger partial charge on any atom is 0.356 e. The van der Waals surface area contributed by atoms with Crippen LogP contribution in [0.1, 0.15) is 16.1 Å². The van der Waals surface area contributed by atoms with Gasteiger partial charge in [0.15, 0.2) is 0 Å². The van der Waals surface area contributed by atoms with E-state index in [1.54, 1.807) is 0 Å². The van der Waals surface area contributed by atoms with Crippen LogP contribution in [-0.4, -0.2) is 25.2 Å². The molecule has 0 aliphatic rings. The topological polar surface area (TPSA) is 48.4 Å². The van der Waals surface area contributed by atoms with Crippen molar-refractivity contribution in [2.75, 3.05) is 14.2 Å². The SMILES string of the molecule is CO/C=C/c1cc(F)c(-c2nc(C(=O)OC)ccc2F)c(F)c1. The third kappa shape index (κ3) is 3.50. The van der Waals surface area contributed by atoms with Crippen molar-refractivity contribution >= 4 is 12.0 Å². The number of methoxy groups -OCH3 is 2. The summed E-state index contributed by atoms with van der Waals surface area (Å²) in [6, 6.07) is 3.96. The quantitative estimate of drug-likeness (QED) is 0.637. The Bertz CT molecular complexity index is 752. The van der Waals surface area contributed by atoms with E-state index in [1.165, 1.54) is 19.4 Å². The lowest BCUT2D eigenvalue weighted by Crippen LogP contribution is -2.07. The molecule has 0 saturated carbocycles. The summed E-state index contributed by atoms with van der Waals surface area (Å²) in [5.41, 5.74) is -1.34. The molecule has 0 fully saturated rings. The number of carbonyl (C=O) groups is 1. The monoisotopic (exact) mass is 323 g/mol. The molecule has 1 aromatic carbocycles. The van der Waals surface area contributed by atoms with Crippen LogP contribution in [0.3, 0.4) is 0 Å². The van der Waals surface area contributed by atoms with Crippen LogP contribution >= 0.6 is 0 Å². The van der Waals surface area contributed by atoms with Gasteiger partial charge in [0.2, 0.25) is 0 Å². The number of nitrogens with zero attached hydrogens (tertiary/aromatic N) is 1. The van der Waals surface area contributed by atoms with Crippen LogP contribution in [0.2, 0.25) is 0 Å². The minimum Gasteiger partial charge on any atom is -0.504 e. The highest BCUT2D eigenvalue weighted by Crippen LogP contribution is 2.28. The molecular weight excluding hydrogens is 311 g/mol. The summed E-state index contributed by atoms with van der Waals surface area (Å²) in [5.74, 6) is -3.84. The standard InChI is InChI=1S/C16H12F3NO3/c1-22-6-5-9-7-11(18)14(12(19)8-9)15-10(17)3-4-13(20-15)16(21)23-2/h3-8H,1-2H3/b6-5+. The van der Waals surface area contributed by atoms with Gasteiger partial charge in [0.05, 0.1) is 26.0 Å². The molecule has 0 aliphatic carbocycles. The summed E-state index contributed by atoms with van der Waals surface area (Å²) in [6.45, 7) is 0. The maximum atomic E-state index is 14.2. The van der Waals surface area contributed by atoms with Crippen molar-refractivity contribution in [1.82, 2.24) is 4.98 Å². The van der Waals surface area contributed by atoms with Gasteiger partial charge in [-0.05, 0) is 35.9 Å². The lowest BCUT2D eigenvalue weighted by molar-refractivity contribution is 0.0594. The minimum absolute atomic E-state index is 0.190. The van der Waals surface area contributed by atoms with Crippen LogP contribution in [0.15, 0.2) is 30.5 Å². The number of benzene rings is 1. The Hall–Kier alpha value is -2.83. The van der Waals surface area contributed by atoms with E-state index >= 15 is 0 Å². The largest absolute Gasteiger partial charge is 0.504 e. The molecule has 2 rings (SSSR count). The summed E-state index contributed by atoms with van der Waals surface area (Å²) in [4.78, 5) is 15.1. The fourth-order valence-corrected chi connectivity index (χ4v) is 1.90. The van der Waals surface area contributed by atoms with E-state index in [9.17, 15) is 18.0 Å². The zero-order valence-electron chi connectivity index (χ0n) is 12.3. The molecule has 23 heavy (non-hydrogen) atoms. The van der Waals surface area contributed by atoms with E-state index in [4.69, 9.17) is 0 Å². The lowest BCUT2D eigenvalue weighted by Gasteiger charge is -2.08. The highest BCUT2D eigenvalue weighted by Gasteiger charge is 2.20. The van der Waals surface area contributed by atoms with E-state index in [1.807, 2.05) is 0 Å². The van der Waals surface area contributed by atoms with Crippen LogP contribution in [0, 0.1) is 17.5 Å². The van der Waals surface area contributed by atoms with Gasteiger partial charge in [-0.2, -0.15) is 0 Å². The number of hydrogen-bond acceptors (Lipinski definition) is 4. The Kier molecular flexibility index (Phi) is 5.00.